The van der Waals surface area contributed by atoms with Crippen molar-refractivity contribution in [1.82, 2.24) is 4.98 Å². The van der Waals surface area contributed by atoms with E-state index < -0.39 is 0 Å². The Morgan fingerprint density at radius 1 is 1.29 bits per heavy atom. The molecule has 0 radical (unpaired) electrons. The van der Waals surface area contributed by atoms with Crippen molar-refractivity contribution in [1.29, 1.82) is 5.26 Å². The van der Waals surface area contributed by atoms with Crippen LogP contribution < -0.4 is 4.74 Å². The fourth-order valence-electron chi connectivity index (χ4n) is 1.40. The second-order valence-electron chi connectivity index (χ2n) is 3.55. The Balaban J connectivity index is 2.34. The van der Waals surface area contributed by atoms with E-state index in [1.54, 1.807) is 24.4 Å². The van der Waals surface area contributed by atoms with Crippen LogP contribution in [0.4, 0.5) is 0 Å². The van der Waals surface area contributed by atoms with Crippen molar-refractivity contribution in [2.75, 3.05) is 0 Å². The maximum atomic E-state index is 9.00. The van der Waals surface area contributed by atoms with Crippen LogP contribution in [0, 0.1) is 18.3 Å². The van der Waals surface area contributed by atoms with E-state index in [1.807, 2.05) is 13.0 Å². The Bertz CT molecular complexity index is 590. The Kier molecular flexibility index (Phi) is 3.27. The van der Waals surface area contributed by atoms with Crippen LogP contribution in [-0.4, -0.2) is 4.98 Å². The number of hydrogen-bond donors (Lipinski definition) is 0. The van der Waals surface area contributed by atoms with Crippen LogP contribution in [0.5, 0.6) is 11.5 Å². The highest BCUT2D eigenvalue weighted by Gasteiger charge is 2.05. The van der Waals surface area contributed by atoms with Crippen LogP contribution in [0.25, 0.3) is 0 Å². The van der Waals surface area contributed by atoms with Gasteiger partial charge in [0.1, 0.15) is 17.6 Å². The zero-order valence-corrected chi connectivity index (χ0v) is 9.90. The molecule has 0 amide bonds. The molecule has 84 valence electrons. The van der Waals surface area contributed by atoms with Crippen molar-refractivity contribution in [3.05, 3.63) is 52.8 Å². The number of hydrogen-bond acceptors (Lipinski definition) is 3. The molecule has 0 saturated carbocycles. The van der Waals surface area contributed by atoms with Gasteiger partial charge in [0.05, 0.1) is 16.8 Å². The summed E-state index contributed by atoms with van der Waals surface area (Å²) in [5.41, 5.74) is 1.50. The Labute approximate surface area is 104 Å². The number of pyridine rings is 1. The fourth-order valence-corrected chi connectivity index (χ4v) is 1.56. The van der Waals surface area contributed by atoms with Crippen molar-refractivity contribution in [2.24, 2.45) is 0 Å². The third-order valence-corrected chi connectivity index (χ3v) is 2.37. The third kappa shape index (κ3) is 2.74. The summed E-state index contributed by atoms with van der Waals surface area (Å²) in [6.45, 7) is 1.92. The molecule has 1 heterocycles. The molecule has 0 fully saturated rings. The van der Waals surface area contributed by atoms with Gasteiger partial charge < -0.3 is 4.74 Å². The number of nitrogens with zero attached hydrogens (tertiary/aromatic N) is 2. The zero-order chi connectivity index (χ0) is 12.3. The quantitative estimate of drug-likeness (QED) is 0.809. The number of ether oxygens (including phenoxy) is 1. The Morgan fingerprint density at radius 2 is 2.12 bits per heavy atom. The number of rotatable bonds is 2. The van der Waals surface area contributed by atoms with Gasteiger partial charge in [0.2, 0.25) is 0 Å². The summed E-state index contributed by atoms with van der Waals surface area (Å²) in [6, 6.07) is 9.15. The zero-order valence-electron chi connectivity index (χ0n) is 9.14. The average Bonchev–Trinajstić information content (AvgIpc) is 2.31. The first-order chi connectivity index (χ1) is 8.19. The van der Waals surface area contributed by atoms with Gasteiger partial charge in [-0.05, 0) is 24.6 Å². The minimum atomic E-state index is 0.491. The molecule has 2 rings (SSSR count). The molecule has 2 aromatic rings. The molecular formula is C13H9ClN2O. The predicted octanol–water partition coefficient (Wildman–Crippen LogP) is 3.71. The molecule has 0 aliphatic rings. The van der Waals surface area contributed by atoms with Crippen LogP contribution in [0.1, 0.15) is 11.1 Å². The van der Waals surface area contributed by atoms with Gasteiger partial charge in [-0.1, -0.05) is 17.7 Å². The molecule has 0 aliphatic heterocycles. The molecule has 0 N–H and O–H groups in total. The first-order valence-electron chi connectivity index (χ1n) is 4.98. The number of halogens is 1. The first-order valence-corrected chi connectivity index (χ1v) is 5.36. The van der Waals surface area contributed by atoms with Gasteiger partial charge in [0, 0.05) is 12.3 Å². The molecule has 3 nitrogen and oxygen atoms in total. The van der Waals surface area contributed by atoms with E-state index in [0.717, 1.165) is 5.56 Å². The molecule has 1 aromatic carbocycles. The van der Waals surface area contributed by atoms with Gasteiger partial charge in [-0.15, -0.1) is 0 Å². The molecule has 0 aliphatic carbocycles. The Morgan fingerprint density at radius 3 is 2.82 bits per heavy atom. The first kappa shape index (κ1) is 11.4. The normalized spacial score (nSPS) is 9.71. The highest BCUT2D eigenvalue weighted by Crippen LogP contribution is 2.26. The fraction of sp³-hybridized carbons (Fsp3) is 0.0769. The number of benzene rings is 1. The predicted molar refractivity (Wildman–Crippen MR) is 65.2 cm³/mol. The maximum absolute atomic E-state index is 9.00. The lowest BCUT2D eigenvalue weighted by Crippen LogP contribution is -1.89. The van der Waals surface area contributed by atoms with E-state index >= 15 is 0 Å². The second kappa shape index (κ2) is 4.86. The molecule has 0 spiro atoms. The van der Waals surface area contributed by atoms with Gasteiger partial charge in [-0.3, -0.25) is 4.98 Å². The summed E-state index contributed by atoms with van der Waals surface area (Å²) >= 11 is 5.80. The minimum Gasteiger partial charge on any atom is -0.454 e. The number of aromatic nitrogens is 1. The lowest BCUT2D eigenvalue weighted by atomic mass is 10.1. The average molecular weight is 245 g/mol. The smallest absolute Gasteiger partial charge is 0.147 e. The number of aryl methyl sites for hydroxylation is 1. The summed E-state index contributed by atoms with van der Waals surface area (Å²) in [6.07, 6.45) is 3.07. The lowest BCUT2D eigenvalue weighted by molar-refractivity contribution is 0.478. The maximum Gasteiger partial charge on any atom is 0.147 e. The van der Waals surface area contributed by atoms with Crippen molar-refractivity contribution < 1.29 is 4.74 Å². The topological polar surface area (TPSA) is 45.9 Å². The van der Waals surface area contributed by atoms with Crippen molar-refractivity contribution >= 4 is 11.6 Å². The summed E-state index contributed by atoms with van der Waals surface area (Å²) < 4.78 is 5.57. The van der Waals surface area contributed by atoms with E-state index in [-0.39, 0.29) is 0 Å². The lowest BCUT2D eigenvalue weighted by Gasteiger charge is -2.07. The van der Waals surface area contributed by atoms with Gasteiger partial charge in [0.25, 0.3) is 0 Å². The molecule has 0 saturated heterocycles. The van der Waals surface area contributed by atoms with Gasteiger partial charge >= 0.3 is 0 Å². The van der Waals surface area contributed by atoms with Crippen molar-refractivity contribution in [2.45, 2.75) is 6.92 Å². The molecule has 0 unspecified atom stereocenters. The van der Waals surface area contributed by atoms with Crippen LogP contribution in [0.2, 0.25) is 5.02 Å². The van der Waals surface area contributed by atoms with E-state index in [4.69, 9.17) is 21.6 Å². The molecule has 1 aromatic heterocycles. The minimum absolute atomic E-state index is 0.491. The molecule has 0 bridgehead atoms. The van der Waals surface area contributed by atoms with E-state index in [9.17, 15) is 0 Å². The standard InChI is InChI=1S/C13H9ClN2O/c1-9-2-3-13(10(4-9)6-15)17-12-5-11(14)7-16-8-12/h2-5,7-8H,1H3. The SMILES string of the molecule is Cc1ccc(Oc2cncc(Cl)c2)c(C#N)c1. The van der Waals surface area contributed by atoms with E-state index in [0.29, 0.717) is 22.1 Å². The second-order valence-corrected chi connectivity index (χ2v) is 3.99. The van der Waals surface area contributed by atoms with Crippen molar-refractivity contribution in [3.8, 4) is 17.6 Å². The van der Waals surface area contributed by atoms with Crippen molar-refractivity contribution in [3.63, 3.8) is 0 Å². The molecule has 4 heteroatoms. The van der Waals surface area contributed by atoms with Crippen LogP contribution in [-0.2, 0) is 0 Å². The summed E-state index contributed by atoms with van der Waals surface area (Å²) in [4.78, 5) is 3.91. The highest BCUT2D eigenvalue weighted by molar-refractivity contribution is 6.30. The van der Waals surface area contributed by atoms with Gasteiger partial charge in [0.15, 0.2) is 0 Å². The van der Waals surface area contributed by atoms with E-state index in [2.05, 4.69) is 11.1 Å². The summed E-state index contributed by atoms with van der Waals surface area (Å²) in [5.74, 6) is 1.01. The third-order valence-electron chi connectivity index (χ3n) is 2.16. The van der Waals surface area contributed by atoms with Gasteiger partial charge in [-0.25, -0.2) is 0 Å². The highest BCUT2D eigenvalue weighted by atomic mass is 35.5. The molecule has 17 heavy (non-hydrogen) atoms. The van der Waals surface area contributed by atoms with Crippen LogP contribution >= 0.6 is 11.6 Å². The molecule has 0 atom stereocenters. The summed E-state index contributed by atoms with van der Waals surface area (Å²) in [7, 11) is 0. The van der Waals surface area contributed by atoms with E-state index in [1.165, 1.54) is 6.20 Å². The monoisotopic (exact) mass is 244 g/mol. The molecular weight excluding hydrogens is 236 g/mol. The summed E-state index contributed by atoms with van der Waals surface area (Å²) in [5, 5.41) is 9.50. The largest absolute Gasteiger partial charge is 0.454 e. The van der Waals surface area contributed by atoms with Crippen LogP contribution in [0.15, 0.2) is 36.7 Å². The number of nitriles is 1. The van der Waals surface area contributed by atoms with Crippen LogP contribution in [0.3, 0.4) is 0 Å². The van der Waals surface area contributed by atoms with Gasteiger partial charge in [-0.2, -0.15) is 5.26 Å². The Hall–Kier alpha value is -2.05.